The summed E-state index contributed by atoms with van der Waals surface area (Å²) in [6, 6.07) is 6.07. The number of halogens is 2. The van der Waals surface area contributed by atoms with Crippen molar-refractivity contribution in [2.75, 3.05) is 0 Å². The fraction of sp³-hybridized carbons (Fsp3) is 0.100. The number of aryl methyl sites for hydroxylation is 1. The molecule has 0 saturated heterocycles. The van der Waals surface area contributed by atoms with E-state index in [-0.39, 0.29) is 0 Å². The van der Waals surface area contributed by atoms with E-state index in [1.54, 1.807) is 6.20 Å². The minimum absolute atomic E-state index is 0.668. The summed E-state index contributed by atoms with van der Waals surface area (Å²) in [4.78, 5) is 4.18. The second kappa shape index (κ2) is 4.02. The minimum Gasteiger partial charge on any atom is -0.441 e. The lowest BCUT2D eigenvalue weighted by atomic mass is 10.2. The van der Waals surface area contributed by atoms with Crippen LogP contribution in [0.4, 0.5) is 0 Å². The van der Waals surface area contributed by atoms with Crippen LogP contribution in [0, 0.1) is 10.5 Å². The largest absolute Gasteiger partial charge is 0.441 e. The fourth-order valence-electron chi connectivity index (χ4n) is 1.17. The average molecular weight is 364 g/mol. The second-order valence-electron chi connectivity index (χ2n) is 2.93. The molecule has 0 fully saturated rings. The summed E-state index contributed by atoms with van der Waals surface area (Å²) >= 11 is 5.71. The second-order valence-corrected chi connectivity index (χ2v) is 5.10. The van der Waals surface area contributed by atoms with E-state index in [2.05, 4.69) is 43.5 Å². The highest BCUT2D eigenvalue weighted by molar-refractivity contribution is 14.1. The maximum absolute atomic E-state index is 5.44. The van der Waals surface area contributed by atoms with Crippen LogP contribution in [0.25, 0.3) is 11.5 Å². The zero-order valence-electron chi connectivity index (χ0n) is 7.42. The zero-order valence-corrected chi connectivity index (χ0v) is 11.2. The van der Waals surface area contributed by atoms with Gasteiger partial charge in [0, 0.05) is 13.6 Å². The molecule has 14 heavy (non-hydrogen) atoms. The number of hydrogen-bond acceptors (Lipinski definition) is 2. The SMILES string of the molecule is Cc1cnc(-c2cc(Br)cc(I)c2)o1. The Labute approximate surface area is 104 Å². The third-order valence-corrected chi connectivity index (χ3v) is 2.81. The molecule has 0 bridgehead atoms. The van der Waals surface area contributed by atoms with Crippen molar-refractivity contribution in [3.05, 3.63) is 38.2 Å². The number of hydrogen-bond donors (Lipinski definition) is 0. The van der Waals surface area contributed by atoms with Gasteiger partial charge in [-0.15, -0.1) is 0 Å². The molecule has 2 nitrogen and oxygen atoms in total. The van der Waals surface area contributed by atoms with E-state index in [1.807, 2.05) is 25.1 Å². The van der Waals surface area contributed by atoms with Gasteiger partial charge in [0.1, 0.15) is 5.76 Å². The van der Waals surface area contributed by atoms with Crippen LogP contribution < -0.4 is 0 Å². The van der Waals surface area contributed by atoms with Crippen LogP contribution >= 0.6 is 38.5 Å². The van der Waals surface area contributed by atoms with Crippen molar-refractivity contribution in [1.82, 2.24) is 4.98 Å². The Morgan fingerprint density at radius 1 is 1.36 bits per heavy atom. The molecule has 0 amide bonds. The highest BCUT2D eigenvalue weighted by atomic mass is 127. The summed E-state index contributed by atoms with van der Waals surface area (Å²) in [6.45, 7) is 1.89. The molecule has 4 heteroatoms. The lowest BCUT2D eigenvalue weighted by Crippen LogP contribution is -1.79. The zero-order chi connectivity index (χ0) is 10.1. The molecule has 0 saturated carbocycles. The molecule has 0 N–H and O–H groups in total. The monoisotopic (exact) mass is 363 g/mol. The highest BCUT2D eigenvalue weighted by Gasteiger charge is 2.05. The van der Waals surface area contributed by atoms with Gasteiger partial charge in [-0.2, -0.15) is 0 Å². The summed E-state index contributed by atoms with van der Waals surface area (Å²) in [5.74, 6) is 1.50. The van der Waals surface area contributed by atoms with Crippen LogP contribution in [-0.4, -0.2) is 4.98 Å². The van der Waals surface area contributed by atoms with Gasteiger partial charge in [0.15, 0.2) is 0 Å². The van der Waals surface area contributed by atoms with Gasteiger partial charge in [0.2, 0.25) is 5.89 Å². The van der Waals surface area contributed by atoms with E-state index in [9.17, 15) is 0 Å². The number of benzene rings is 1. The van der Waals surface area contributed by atoms with E-state index in [0.29, 0.717) is 5.89 Å². The van der Waals surface area contributed by atoms with Crippen LogP contribution in [0.15, 0.2) is 33.3 Å². The first-order valence-electron chi connectivity index (χ1n) is 4.04. The smallest absolute Gasteiger partial charge is 0.226 e. The molecule has 0 aliphatic carbocycles. The molecule has 1 aromatic carbocycles. The van der Waals surface area contributed by atoms with Gasteiger partial charge < -0.3 is 4.42 Å². The third-order valence-electron chi connectivity index (χ3n) is 1.73. The van der Waals surface area contributed by atoms with Gasteiger partial charge in [-0.05, 0) is 47.7 Å². The molecule has 1 heterocycles. The van der Waals surface area contributed by atoms with Crippen LogP contribution in [0.3, 0.4) is 0 Å². The number of aromatic nitrogens is 1. The topological polar surface area (TPSA) is 26.0 Å². The molecule has 2 rings (SSSR count). The van der Waals surface area contributed by atoms with Gasteiger partial charge in [-0.1, -0.05) is 15.9 Å². The van der Waals surface area contributed by atoms with Crippen molar-refractivity contribution < 1.29 is 4.42 Å². The van der Waals surface area contributed by atoms with Gasteiger partial charge in [0.25, 0.3) is 0 Å². The fourth-order valence-corrected chi connectivity index (χ4v) is 2.76. The van der Waals surface area contributed by atoms with E-state index in [1.165, 1.54) is 0 Å². The first-order chi connectivity index (χ1) is 6.65. The Balaban J connectivity index is 2.51. The Kier molecular flexibility index (Phi) is 2.92. The Bertz CT molecular complexity index is 447. The Morgan fingerprint density at radius 3 is 2.71 bits per heavy atom. The average Bonchev–Trinajstić information content (AvgIpc) is 2.50. The number of rotatable bonds is 1. The van der Waals surface area contributed by atoms with Crippen molar-refractivity contribution in [3.63, 3.8) is 0 Å². The molecule has 1 aromatic heterocycles. The van der Waals surface area contributed by atoms with E-state index >= 15 is 0 Å². The van der Waals surface area contributed by atoms with Crippen molar-refractivity contribution in [3.8, 4) is 11.5 Å². The van der Waals surface area contributed by atoms with Gasteiger partial charge in [-0.25, -0.2) is 4.98 Å². The third kappa shape index (κ3) is 2.17. The van der Waals surface area contributed by atoms with Crippen LogP contribution in [0.1, 0.15) is 5.76 Å². The summed E-state index contributed by atoms with van der Waals surface area (Å²) in [5, 5.41) is 0. The molecule has 0 unspecified atom stereocenters. The van der Waals surface area contributed by atoms with Crippen LogP contribution in [-0.2, 0) is 0 Å². The van der Waals surface area contributed by atoms with Gasteiger partial charge in [-0.3, -0.25) is 0 Å². The molecular formula is C10H7BrINO. The molecule has 72 valence electrons. The molecule has 0 aliphatic rings. The van der Waals surface area contributed by atoms with Crippen LogP contribution in [0.5, 0.6) is 0 Å². The standard InChI is InChI=1S/C10H7BrINO/c1-6-5-13-10(14-6)7-2-8(11)4-9(12)3-7/h2-5H,1H3. The summed E-state index contributed by atoms with van der Waals surface area (Å²) in [6.07, 6.45) is 1.73. The molecule has 2 aromatic rings. The summed E-state index contributed by atoms with van der Waals surface area (Å²) < 4.78 is 7.64. The summed E-state index contributed by atoms with van der Waals surface area (Å²) in [5.41, 5.74) is 0.997. The van der Waals surface area contributed by atoms with Gasteiger partial charge >= 0.3 is 0 Å². The van der Waals surface area contributed by atoms with Crippen molar-refractivity contribution in [2.45, 2.75) is 6.92 Å². The Morgan fingerprint density at radius 2 is 2.14 bits per heavy atom. The first kappa shape index (κ1) is 10.2. The molecular weight excluding hydrogens is 357 g/mol. The van der Waals surface area contributed by atoms with Gasteiger partial charge in [0.05, 0.1) is 6.20 Å². The predicted molar refractivity (Wildman–Crippen MR) is 67.1 cm³/mol. The van der Waals surface area contributed by atoms with E-state index in [4.69, 9.17) is 4.42 Å². The molecule has 0 aliphatic heterocycles. The minimum atomic E-state index is 0.668. The lowest BCUT2D eigenvalue weighted by molar-refractivity contribution is 0.542. The quantitative estimate of drug-likeness (QED) is 0.715. The number of nitrogens with zero attached hydrogens (tertiary/aromatic N) is 1. The van der Waals surface area contributed by atoms with Crippen molar-refractivity contribution in [2.24, 2.45) is 0 Å². The van der Waals surface area contributed by atoms with Crippen molar-refractivity contribution in [1.29, 1.82) is 0 Å². The lowest BCUT2D eigenvalue weighted by Gasteiger charge is -1.98. The maximum Gasteiger partial charge on any atom is 0.226 e. The maximum atomic E-state index is 5.44. The van der Waals surface area contributed by atoms with E-state index < -0.39 is 0 Å². The van der Waals surface area contributed by atoms with E-state index in [0.717, 1.165) is 19.4 Å². The highest BCUT2D eigenvalue weighted by Crippen LogP contribution is 2.25. The molecule has 0 atom stereocenters. The normalized spacial score (nSPS) is 10.5. The predicted octanol–water partition coefficient (Wildman–Crippen LogP) is 4.02. The summed E-state index contributed by atoms with van der Waals surface area (Å²) in [7, 11) is 0. The number of oxazole rings is 1. The van der Waals surface area contributed by atoms with Crippen LogP contribution in [0.2, 0.25) is 0 Å². The molecule has 0 spiro atoms. The molecule has 0 radical (unpaired) electrons. The van der Waals surface area contributed by atoms with Crippen molar-refractivity contribution >= 4 is 38.5 Å². The first-order valence-corrected chi connectivity index (χ1v) is 5.91. The Hall–Kier alpha value is -0.360.